The number of carbonyl (C=O) groups is 2. The van der Waals surface area contributed by atoms with E-state index in [0.717, 1.165) is 16.3 Å². The minimum atomic E-state index is -0.0983. The summed E-state index contributed by atoms with van der Waals surface area (Å²) in [7, 11) is 1.81. The molecule has 1 aliphatic rings. The van der Waals surface area contributed by atoms with E-state index in [9.17, 15) is 9.59 Å². The quantitative estimate of drug-likeness (QED) is 0.649. The standard InChI is InChI=1S/C21H23N5O2S/c1-25-18(23-24-21(25)29)13-22-19(27)15-9-11-26(12-10-15)20(28)17-8-4-6-14-5-2-3-7-16(14)17/h2-8,15H,9-13H2,1H3,(H,22,27)(H,24,29). The van der Waals surface area contributed by atoms with Gasteiger partial charge in [-0.05, 0) is 41.9 Å². The molecule has 0 atom stereocenters. The largest absolute Gasteiger partial charge is 0.349 e. The van der Waals surface area contributed by atoms with Gasteiger partial charge in [0.2, 0.25) is 5.91 Å². The Morgan fingerprint density at radius 3 is 2.62 bits per heavy atom. The molecule has 7 nitrogen and oxygen atoms in total. The van der Waals surface area contributed by atoms with Gasteiger partial charge in [0, 0.05) is 31.6 Å². The van der Waals surface area contributed by atoms with Crippen molar-refractivity contribution in [3.63, 3.8) is 0 Å². The summed E-state index contributed by atoms with van der Waals surface area (Å²) in [4.78, 5) is 27.4. The topological polar surface area (TPSA) is 83.0 Å². The molecule has 0 unspecified atom stereocenters. The molecule has 1 aromatic heterocycles. The SMILES string of the molecule is Cn1c(CNC(=O)C2CCN(C(=O)c3cccc4ccccc34)CC2)n[nH]c1=S. The molecule has 2 N–H and O–H groups in total. The van der Waals surface area contributed by atoms with Gasteiger partial charge in [-0.2, -0.15) is 5.10 Å². The second-order valence-electron chi connectivity index (χ2n) is 7.31. The summed E-state index contributed by atoms with van der Waals surface area (Å²) in [5.74, 6) is 0.615. The van der Waals surface area contributed by atoms with Crippen LogP contribution in [0.4, 0.5) is 0 Å². The van der Waals surface area contributed by atoms with Gasteiger partial charge in [-0.1, -0.05) is 36.4 Å². The Balaban J connectivity index is 1.36. The van der Waals surface area contributed by atoms with Crippen molar-refractivity contribution < 1.29 is 9.59 Å². The van der Waals surface area contributed by atoms with Gasteiger partial charge in [-0.15, -0.1) is 0 Å². The van der Waals surface area contributed by atoms with E-state index in [0.29, 0.717) is 43.1 Å². The van der Waals surface area contributed by atoms with Crippen LogP contribution < -0.4 is 5.32 Å². The minimum absolute atomic E-state index is 0.00354. The van der Waals surface area contributed by atoms with E-state index < -0.39 is 0 Å². The van der Waals surface area contributed by atoms with Crippen molar-refractivity contribution in [3.8, 4) is 0 Å². The summed E-state index contributed by atoms with van der Waals surface area (Å²) in [5.41, 5.74) is 0.719. The third kappa shape index (κ3) is 3.93. The Labute approximate surface area is 173 Å². The number of hydrogen-bond acceptors (Lipinski definition) is 4. The monoisotopic (exact) mass is 409 g/mol. The van der Waals surface area contributed by atoms with Crippen LogP contribution in [0.15, 0.2) is 42.5 Å². The van der Waals surface area contributed by atoms with E-state index in [1.54, 1.807) is 4.57 Å². The number of hydrogen-bond donors (Lipinski definition) is 2. The summed E-state index contributed by atoms with van der Waals surface area (Å²) >= 11 is 5.08. The zero-order valence-corrected chi connectivity index (χ0v) is 17.0. The summed E-state index contributed by atoms with van der Waals surface area (Å²) in [6.07, 6.45) is 1.31. The number of rotatable bonds is 4. The molecular formula is C21H23N5O2S. The van der Waals surface area contributed by atoms with Gasteiger partial charge in [0.25, 0.3) is 5.91 Å². The number of amides is 2. The van der Waals surface area contributed by atoms with Crippen molar-refractivity contribution in [1.29, 1.82) is 0 Å². The first-order valence-electron chi connectivity index (χ1n) is 9.69. The van der Waals surface area contributed by atoms with Crippen LogP contribution in [0.25, 0.3) is 10.8 Å². The number of nitrogens with zero attached hydrogens (tertiary/aromatic N) is 3. The number of H-pyrrole nitrogens is 1. The lowest BCUT2D eigenvalue weighted by Gasteiger charge is -2.31. The summed E-state index contributed by atoms with van der Waals surface area (Å²) in [5, 5.41) is 11.8. The average Bonchev–Trinajstić information content (AvgIpc) is 3.09. The molecule has 1 saturated heterocycles. The fourth-order valence-electron chi connectivity index (χ4n) is 3.78. The second-order valence-corrected chi connectivity index (χ2v) is 7.70. The van der Waals surface area contributed by atoms with Crippen LogP contribution in [0.3, 0.4) is 0 Å². The maximum Gasteiger partial charge on any atom is 0.254 e. The predicted molar refractivity (Wildman–Crippen MR) is 113 cm³/mol. The number of piperidine rings is 1. The first-order chi connectivity index (χ1) is 14.0. The molecule has 0 radical (unpaired) electrons. The van der Waals surface area contributed by atoms with Gasteiger partial charge in [0.05, 0.1) is 6.54 Å². The van der Waals surface area contributed by atoms with E-state index in [-0.39, 0.29) is 17.7 Å². The number of aromatic amines is 1. The van der Waals surface area contributed by atoms with Crippen LogP contribution in [-0.4, -0.2) is 44.6 Å². The first kappa shape index (κ1) is 19.3. The fourth-order valence-corrected chi connectivity index (χ4v) is 3.93. The van der Waals surface area contributed by atoms with Gasteiger partial charge >= 0.3 is 0 Å². The van der Waals surface area contributed by atoms with Crippen LogP contribution in [-0.2, 0) is 18.4 Å². The molecule has 29 heavy (non-hydrogen) atoms. The fraction of sp³-hybridized carbons (Fsp3) is 0.333. The van der Waals surface area contributed by atoms with Gasteiger partial charge in [0.1, 0.15) is 0 Å². The number of benzene rings is 2. The lowest BCUT2D eigenvalue weighted by Crippen LogP contribution is -2.43. The van der Waals surface area contributed by atoms with Crippen molar-refractivity contribution in [2.24, 2.45) is 13.0 Å². The lowest BCUT2D eigenvalue weighted by molar-refractivity contribution is -0.126. The zero-order chi connectivity index (χ0) is 20.4. The molecule has 2 aromatic carbocycles. The lowest BCUT2D eigenvalue weighted by atomic mass is 9.95. The number of aromatic nitrogens is 3. The highest BCUT2D eigenvalue weighted by Crippen LogP contribution is 2.23. The summed E-state index contributed by atoms with van der Waals surface area (Å²) < 4.78 is 2.26. The number of carbonyl (C=O) groups excluding carboxylic acids is 2. The van der Waals surface area contributed by atoms with Gasteiger partial charge in [-0.25, -0.2) is 0 Å². The molecule has 150 valence electrons. The molecule has 2 heterocycles. The normalized spacial score (nSPS) is 14.9. The number of fused-ring (bicyclic) bond motifs is 1. The van der Waals surface area contributed by atoms with E-state index in [4.69, 9.17) is 12.2 Å². The van der Waals surface area contributed by atoms with Crippen molar-refractivity contribution in [1.82, 2.24) is 25.0 Å². The minimum Gasteiger partial charge on any atom is -0.349 e. The maximum absolute atomic E-state index is 13.0. The molecule has 0 saturated carbocycles. The molecular weight excluding hydrogens is 386 g/mol. The Hall–Kier alpha value is -3.00. The zero-order valence-electron chi connectivity index (χ0n) is 16.2. The Morgan fingerprint density at radius 1 is 1.17 bits per heavy atom. The van der Waals surface area contributed by atoms with Crippen molar-refractivity contribution in [2.75, 3.05) is 13.1 Å². The second kappa shape index (κ2) is 8.16. The smallest absolute Gasteiger partial charge is 0.254 e. The van der Waals surface area contributed by atoms with Crippen molar-refractivity contribution in [3.05, 3.63) is 58.6 Å². The molecule has 0 bridgehead atoms. The van der Waals surface area contributed by atoms with E-state index in [2.05, 4.69) is 15.5 Å². The molecule has 1 aliphatic heterocycles. The van der Waals surface area contributed by atoms with Crippen LogP contribution in [0.2, 0.25) is 0 Å². The van der Waals surface area contributed by atoms with E-state index in [1.165, 1.54) is 0 Å². The highest BCUT2D eigenvalue weighted by atomic mass is 32.1. The van der Waals surface area contributed by atoms with Gasteiger partial charge in [0.15, 0.2) is 10.6 Å². The summed E-state index contributed by atoms with van der Waals surface area (Å²) in [6.45, 7) is 1.48. The van der Waals surface area contributed by atoms with Crippen molar-refractivity contribution in [2.45, 2.75) is 19.4 Å². The van der Waals surface area contributed by atoms with E-state index >= 15 is 0 Å². The maximum atomic E-state index is 13.0. The van der Waals surface area contributed by atoms with Crippen LogP contribution in [0.1, 0.15) is 29.0 Å². The highest BCUT2D eigenvalue weighted by Gasteiger charge is 2.28. The van der Waals surface area contributed by atoms with Crippen LogP contribution in [0, 0.1) is 10.7 Å². The first-order valence-corrected chi connectivity index (χ1v) is 10.1. The van der Waals surface area contributed by atoms with Gasteiger partial charge in [-0.3, -0.25) is 14.7 Å². The molecule has 8 heteroatoms. The molecule has 2 amide bonds. The molecule has 0 spiro atoms. The molecule has 3 aromatic rings. The number of likely N-dealkylation sites (tertiary alicyclic amines) is 1. The molecule has 0 aliphatic carbocycles. The van der Waals surface area contributed by atoms with Gasteiger partial charge < -0.3 is 14.8 Å². The van der Waals surface area contributed by atoms with Crippen molar-refractivity contribution >= 4 is 34.8 Å². The Kier molecular flexibility index (Phi) is 5.44. The third-order valence-corrected chi connectivity index (χ3v) is 5.93. The molecule has 1 fully saturated rings. The molecule has 4 rings (SSSR count). The average molecular weight is 410 g/mol. The van der Waals surface area contributed by atoms with E-state index in [1.807, 2.05) is 54.4 Å². The predicted octanol–water partition coefficient (Wildman–Crippen LogP) is 2.80. The number of nitrogens with one attached hydrogen (secondary N) is 2. The Bertz CT molecular complexity index is 1110. The highest BCUT2D eigenvalue weighted by molar-refractivity contribution is 7.71. The van der Waals surface area contributed by atoms with Crippen LogP contribution >= 0.6 is 12.2 Å². The Morgan fingerprint density at radius 2 is 1.90 bits per heavy atom. The third-order valence-electron chi connectivity index (χ3n) is 5.57. The summed E-state index contributed by atoms with van der Waals surface area (Å²) in [6, 6.07) is 13.7. The van der Waals surface area contributed by atoms with Crippen LogP contribution in [0.5, 0.6) is 0 Å².